The number of benzene rings is 1. The van der Waals surface area contributed by atoms with E-state index in [-0.39, 0.29) is 16.9 Å². The van der Waals surface area contributed by atoms with Crippen LogP contribution in [0, 0.1) is 0 Å². The minimum atomic E-state index is -2.46. The van der Waals surface area contributed by atoms with Gasteiger partial charge in [-0.2, -0.15) is 0 Å². The molecule has 1 aliphatic rings. The first kappa shape index (κ1) is 22.4. The number of hydrogen-bond acceptors (Lipinski definition) is 3. The van der Waals surface area contributed by atoms with Crippen LogP contribution >= 0.6 is 8.69 Å². The van der Waals surface area contributed by atoms with Gasteiger partial charge in [0.2, 0.25) is 0 Å². The highest BCUT2D eigenvalue weighted by Crippen LogP contribution is 2.51. The summed E-state index contributed by atoms with van der Waals surface area (Å²) in [6, 6.07) is 3.97. The molecule has 0 aliphatic heterocycles. The molecule has 1 atom stereocenters. The molecule has 1 aromatic carbocycles. The molecule has 27 heavy (non-hydrogen) atoms. The van der Waals surface area contributed by atoms with Crippen LogP contribution in [0.3, 0.4) is 0 Å². The van der Waals surface area contributed by atoms with Gasteiger partial charge in [0.15, 0.2) is 0 Å². The lowest BCUT2D eigenvalue weighted by molar-refractivity contribution is 0.146. The molecule has 0 heterocycles. The van der Waals surface area contributed by atoms with Gasteiger partial charge >= 0.3 is 8.69 Å². The Hall–Kier alpha value is -0.860. The van der Waals surface area contributed by atoms with E-state index in [2.05, 4.69) is 41.5 Å². The lowest BCUT2D eigenvalue weighted by Crippen LogP contribution is -2.20. The van der Waals surface area contributed by atoms with Gasteiger partial charge in [0.1, 0.15) is 11.5 Å². The largest absolute Gasteiger partial charge is 0.494 e. The number of rotatable bonds is 6. The molecule has 154 valence electrons. The fraction of sp³-hybridized carbons (Fsp3) is 0.727. The molecular weight excluding hydrogens is 362 g/mol. The summed E-state index contributed by atoms with van der Waals surface area (Å²) in [4.78, 5) is 0. The highest BCUT2D eigenvalue weighted by atomic mass is 31.2. The minimum Gasteiger partial charge on any atom is -0.494 e. The first-order chi connectivity index (χ1) is 12.5. The van der Waals surface area contributed by atoms with E-state index in [1.165, 1.54) is 6.42 Å². The molecular formula is C22H36FO3P. The maximum atomic E-state index is 14.8. The molecule has 1 aromatic rings. The second kappa shape index (κ2) is 9.09. The Labute approximate surface area is 166 Å². The molecule has 0 N–H and O–H groups in total. The van der Waals surface area contributed by atoms with Crippen molar-refractivity contribution in [1.82, 2.24) is 0 Å². The van der Waals surface area contributed by atoms with E-state index in [1.54, 1.807) is 0 Å². The summed E-state index contributed by atoms with van der Waals surface area (Å²) in [5.41, 5.74) is 1.50. The normalized spacial score (nSPS) is 17.6. The summed E-state index contributed by atoms with van der Waals surface area (Å²) in [7, 11) is -2.46. The molecule has 5 heteroatoms. The molecule has 0 amide bonds. The van der Waals surface area contributed by atoms with Crippen molar-refractivity contribution in [2.45, 2.75) is 97.5 Å². The van der Waals surface area contributed by atoms with Crippen LogP contribution in [0.4, 0.5) is 4.20 Å². The second-order valence-electron chi connectivity index (χ2n) is 9.45. The lowest BCUT2D eigenvalue weighted by atomic mass is 9.79. The maximum absolute atomic E-state index is 14.8. The van der Waals surface area contributed by atoms with E-state index in [4.69, 9.17) is 13.8 Å². The van der Waals surface area contributed by atoms with E-state index in [0.29, 0.717) is 12.4 Å². The Morgan fingerprint density at radius 3 is 1.93 bits per heavy atom. The van der Waals surface area contributed by atoms with Crippen molar-refractivity contribution in [3.05, 3.63) is 23.3 Å². The Balaban J connectivity index is 2.38. The van der Waals surface area contributed by atoms with Crippen molar-refractivity contribution in [3.63, 3.8) is 0 Å². The average molecular weight is 398 g/mol. The average Bonchev–Trinajstić information content (AvgIpc) is 2.55. The van der Waals surface area contributed by atoms with E-state index >= 15 is 0 Å². The monoisotopic (exact) mass is 398 g/mol. The predicted octanol–water partition coefficient (Wildman–Crippen LogP) is 7.60. The topological polar surface area (TPSA) is 27.7 Å². The van der Waals surface area contributed by atoms with Crippen LogP contribution in [-0.2, 0) is 15.4 Å². The van der Waals surface area contributed by atoms with Crippen LogP contribution in [0.1, 0.15) is 91.7 Å². The first-order valence-corrected chi connectivity index (χ1v) is 11.2. The summed E-state index contributed by atoms with van der Waals surface area (Å²) >= 11 is 0. The van der Waals surface area contributed by atoms with Gasteiger partial charge in [0.25, 0.3) is 0 Å². The van der Waals surface area contributed by atoms with Crippen LogP contribution in [-0.4, -0.2) is 12.7 Å². The van der Waals surface area contributed by atoms with Crippen LogP contribution in [0.5, 0.6) is 11.5 Å². The molecule has 0 bridgehead atoms. The molecule has 0 saturated heterocycles. The van der Waals surface area contributed by atoms with E-state index in [0.717, 1.165) is 42.6 Å². The minimum absolute atomic E-state index is 0.0197. The van der Waals surface area contributed by atoms with Gasteiger partial charge in [-0.15, -0.1) is 4.20 Å². The van der Waals surface area contributed by atoms with Crippen LogP contribution in [0.25, 0.3) is 0 Å². The zero-order chi connectivity index (χ0) is 20.2. The molecule has 2 rings (SSSR count). The highest BCUT2D eigenvalue weighted by molar-refractivity contribution is 7.41. The van der Waals surface area contributed by atoms with E-state index in [9.17, 15) is 4.20 Å². The lowest BCUT2D eigenvalue weighted by Gasteiger charge is -2.31. The first-order valence-electron chi connectivity index (χ1n) is 10.1. The summed E-state index contributed by atoms with van der Waals surface area (Å²) in [5.74, 6) is 1.42. The van der Waals surface area contributed by atoms with Gasteiger partial charge in [-0.3, -0.25) is 4.52 Å². The third kappa shape index (κ3) is 6.32. The van der Waals surface area contributed by atoms with Crippen molar-refractivity contribution < 1.29 is 18.0 Å². The number of halogens is 1. The van der Waals surface area contributed by atoms with Gasteiger partial charge in [0.05, 0.1) is 12.7 Å². The third-order valence-corrected chi connectivity index (χ3v) is 5.73. The summed E-state index contributed by atoms with van der Waals surface area (Å²) in [5, 5.41) is 0. The smallest absolute Gasteiger partial charge is 0.439 e. The summed E-state index contributed by atoms with van der Waals surface area (Å²) in [6.07, 6.45) is 5.26. The van der Waals surface area contributed by atoms with Crippen molar-refractivity contribution in [1.29, 1.82) is 0 Å². The zero-order valence-electron chi connectivity index (χ0n) is 18.0. The van der Waals surface area contributed by atoms with Crippen molar-refractivity contribution in [3.8, 4) is 11.5 Å². The van der Waals surface area contributed by atoms with E-state index < -0.39 is 8.69 Å². The standard InChI is InChI=1S/C22H36FO3P/c1-8-24-17-14-18(21(2,3)4)20(19(15-17)22(5,6)7)26-27(23)25-16-12-10-9-11-13-16/h14-16H,8-13H2,1-7H3. The van der Waals surface area contributed by atoms with Gasteiger partial charge in [-0.05, 0) is 42.7 Å². The molecule has 1 unspecified atom stereocenters. The molecule has 1 aliphatic carbocycles. The Morgan fingerprint density at radius 2 is 1.48 bits per heavy atom. The predicted molar refractivity (Wildman–Crippen MR) is 112 cm³/mol. The molecule has 1 fully saturated rings. The van der Waals surface area contributed by atoms with Gasteiger partial charge in [0, 0.05) is 11.1 Å². The second-order valence-corrected chi connectivity index (χ2v) is 10.3. The van der Waals surface area contributed by atoms with Crippen LogP contribution in [0.15, 0.2) is 12.1 Å². The van der Waals surface area contributed by atoms with Crippen LogP contribution in [0.2, 0.25) is 0 Å². The Morgan fingerprint density at radius 1 is 0.963 bits per heavy atom. The van der Waals surface area contributed by atoms with Gasteiger partial charge in [-0.25, -0.2) is 0 Å². The van der Waals surface area contributed by atoms with Crippen molar-refractivity contribution >= 4 is 8.69 Å². The highest BCUT2D eigenvalue weighted by Gasteiger charge is 2.31. The SMILES string of the molecule is CCOc1cc(C(C)(C)C)c(OP(F)OC2CCCCC2)c(C(C)(C)C)c1. The molecule has 0 aromatic heterocycles. The van der Waals surface area contributed by atoms with Crippen LogP contribution < -0.4 is 9.26 Å². The fourth-order valence-corrected chi connectivity index (χ4v) is 4.27. The Bertz CT molecular complexity index is 578. The molecule has 3 nitrogen and oxygen atoms in total. The van der Waals surface area contributed by atoms with Gasteiger partial charge in [-0.1, -0.05) is 60.8 Å². The molecule has 0 radical (unpaired) electrons. The quantitative estimate of drug-likeness (QED) is 0.462. The number of hydrogen-bond donors (Lipinski definition) is 0. The summed E-state index contributed by atoms with van der Waals surface area (Å²) in [6.45, 7) is 15.2. The van der Waals surface area contributed by atoms with E-state index in [1.807, 2.05) is 19.1 Å². The summed E-state index contributed by atoms with van der Waals surface area (Å²) < 4.78 is 32.2. The fourth-order valence-electron chi connectivity index (χ4n) is 3.45. The van der Waals surface area contributed by atoms with Crippen molar-refractivity contribution in [2.75, 3.05) is 6.61 Å². The Kier molecular flexibility index (Phi) is 7.55. The van der Waals surface area contributed by atoms with Gasteiger partial charge < -0.3 is 9.26 Å². The number of ether oxygens (including phenoxy) is 1. The molecule has 1 saturated carbocycles. The zero-order valence-corrected chi connectivity index (χ0v) is 18.9. The maximum Gasteiger partial charge on any atom is 0.439 e. The molecule has 0 spiro atoms. The van der Waals surface area contributed by atoms with Crippen molar-refractivity contribution in [2.24, 2.45) is 0 Å². The third-order valence-electron chi connectivity index (χ3n) is 4.94.